The molecule has 0 unspecified atom stereocenters. The molecule has 0 aliphatic heterocycles. The summed E-state index contributed by atoms with van der Waals surface area (Å²) >= 11 is 0. The standard InChI is InChI=1S/C27H20F2N4O2/c1-15-21-7-6-19(12-17(21)8-10-30-15)26-32-25(33-11-9-23(16-2-3-16)31-27(33)34)24(35-26)18-4-5-20(14-28)22(29)13-18/h4-13,16H,2-3,14H2,1H3. The third-order valence-electron chi connectivity index (χ3n) is 6.33. The first-order valence-electron chi connectivity index (χ1n) is 11.3. The molecule has 1 aliphatic carbocycles. The molecule has 0 saturated heterocycles. The van der Waals surface area contributed by atoms with Crippen molar-refractivity contribution in [2.75, 3.05) is 0 Å². The Kier molecular flexibility index (Phi) is 5.02. The third-order valence-corrected chi connectivity index (χ3v) is 6.33. The van der Waals surface area contributed by atoms with Crippen LogP contribution in [0.2, 0.25) is 0 Å². The van der Waals surface area contributed by atoms with Crippen molar-refractivity contribution in [1.82, 2.24) is 19.5 Å². The molecule has 0 spiro atoms. The first-order valence-corrected chi connectivity index (χ1v) is 11.3. The van der Waals surface area contributed by atoms with E-state index >= 15 is 0 Å². The van der Waals surface area contributed by atoms with E-state index < -0.39 is 18.2 Å². The number of halogens is 2. The van der Waals surface area contributed by atoms with Gasteiger partial charge in [0.25, 0.3) is 0 Å². The number of aromatic nitrogens is 4. The normalized spacial score (nSPS) is 13.5. The van der Waals surface area contributed by atoms with Gasteiger partial charge in [0.05, 0.1) is 5.69 Å². The number of rotatable bonds is 5. The quantitative estimate of drug-likeness (QED) is 0.320. The average molecular weight is 470 g/mol. The van der Waals surface area contributed by atoms with Gasteiger partial charge in [0, 0.05) is 46.1 Å². The van der Waals surface area contributed by atoms with Gasteiger partial charge in [-0.2, -0.15) is 9.97 Å². The molecule has 0 bridgehead atoms. The maximum Gasteiger partial charge on any atom is 0.353 e. The molecule has 3 aromatic heterocycles. The van der Waals surface area contributed by atoms with Crippen molar-refractivity contribution in [2.24, 2.45) is 0 Å². The first kappa shape index (κ1) is 21.3. The van der Waals surface area contributed by atoms with Gasteiger partial charge in [0.15, 0.2) is 11.6 Å². The Bertz CT molecular complexity index is 1650. The van der Waals surface area contributed by atoms with E-state index in [2.05, 4.69) is 15.0 Å². The second-order valence-corrected chi connectivity index (χ2v) is 8.72. The fraction of sp³-hybridized carbons (Fsp3) is 0.185. The lowest BCUT2D eigenvalue weighted by atomic mass is 10.1. The highest BCUT2D eigenvalue weighted by molar-refractivity contribution is 5.88. The minimum absolute atomic E-state index is 0.0545. The summed E-state index contributed by atoms with van der Waals surface area (Å²) in [5, 5.41) is 1.96. The Labute approximate surface area is 198 Å². The predicted octanol–water partition coefficient (Wildman–Crippen LogP) is 5.90. The average Bonchev–Trinajstić information content (AvgIpc) is 3.62. The van der Waals surface area contributed by atoms with Crippen LogP contribution in [0, 0.1) is 12.7 Å². The summed E-state index contributed by atoms with van der Waals surface area (Å²) in [6.45, 7) is 1.02. The lowest BCUT2D eigenvalue weighted by Gasteiger charge is -2.06. The van der Waals surface area contributed by atoms with Crippen LogP contribution in [0.4, 0.5) is 8.78 Å². The zero-order valence-corrected chi connectivity index (χ0v) is 18.8. The van der Waals surface area contributed by atoms with Crippen LogP contribution in [-0.4, -0.2) is 19.5 Å². The molecule has 5 aromatic rings. The number of pyridine rings is 1. The van der Waals surface area contributed by atoms with Gasteiger partial charge >= 0.3 is 5.69 Å². The first-order chi connectivity index (χ1) is 17.0. The SMILES string of the molecule is Cc1nccc2cc(-c3nc(-n4ccc(C5CC5)nc4=O)c(-c4ccc(CF)c(F)c4)o3)ccc12. The summed E-state index contributed by atoms with van der Waals surface area (Å²) in [4.78, 5) is 26.1. The number of benzene rings is 2. The second-order valence-electron chi connectivity index (χ2n) is 8.72. The topological polar surface area (TPSA) is 73.8 Å². The Hall–Kier alpha value is -4.20. The Balaban J connectivity index is 1.53. The van der Waals surface area contributed by atoms with Crippen molar-refractivity contribution in [3.8, 4) is 28.6 Å². The van der Waals surface area contributed by atoms with E-state index in [0.717, 1.165) is 35.0 Å². The van der Waals surface area contributed by atoms with Crippen molar-refractivity contribution in [2.45, 2.75) is 32.4 Å². The molecule has 174 valence electrons. The van der Waals surface area contributed by atoms with Gasteiger partial charge < -0.3 is 4.42 Å². The van der Waals surface area contributed by atoms with Gasteiger partial charge in [-0.1, -0.05) is 18.2 Å². The Morgan fingerprint density at radius 3 is 2.63 bits per heavy atom. The van der Waals surface area contributed by atoms with Crippen molar-refractivity contribution in [3.63, 3.8) is 0 Å². The number of oxazole rings is 1. The summed E-state index contributed by atoms with van der Waals surface area (Å²) in [5.74, 6) is 0.274. The van der Waals surface area contributed by atoms with E-state index in [1.165, 1.54) is 16.7 Å². The summed E-state index contributed by atoms with van der Waals surface area (Å²) in [6.07, 6.45) is 5.39. The van der Waals surface area contributed by atoms with Crippen molar-refractivity contribution < 1.29 is 13.2 Å². The molecule has 1 fully saturated rings. The second kappa shape index (κ2) is 8.23. The lowest BCUT2D eigenvalue weighted by molar-refractivity contribution is 0.464. The molecule has 0 amide bonds. The fourth-order valence-electron chi connectivity index (χ4n) is 4.23. The molecule has 1 saturated carbocycles. The molecule has 1 aliphatic rings. The number of alkyl halides is 1. The predicted molar refractivity (Wildman–Crippen MR) is 128 cm³/mol. The largest absolute Gasteiger partial charge is 0.434 e. The van der Waals surface area contributed by atoms with Crippen LogP contribution in [-0.2, 0) is 6.67 Å². The van der Waals surface area contributed by atoms with Gasteiger partial charge in [0.2, 0.25) is 5.89 Å². The minimum Gasteiger partial charge on any atom is -0.434 e. The minimum atomic E-state index is -0.919. The lowest BCUT2D eigenvalue weighted by Crippen LogP contribution is -2.22. The maximum absolute atomic E-state index is 14.5. The van der Waals surface area contributed by atoms with E-state index in [-0.39, 0.29) is 23.0 Å². The van der Waals surface area contributed by atoms with E-state index in [0.29, 0.717) is 17.0 Å². The number of nitrogens with zero attached hydrogens (tertiary/aromatic N) is 4. The molecule has 35 heavy (non-hydrogen) atoms. The highest BCUT2D eigenvalue weighted by Gasteiger charge is 2.26. The molecular formula is C27H20F2N4O2. The maximum atomic E-state index is 14.5. The van der Waals surface area contributed by atoms with Crippen LogP contribution in [0.5, 0.6) is 0 Å². The molecule has 2 aromatic carbocycles. The van der Waals surface area contributed by atoms with E-state index in [9.17, 15) is 13.6 Å². The highest BCUT2D eigenvalue weighted by atomic mass is 19.1. The molecular weight excluding hydrogens is 450 g/mol. The third kappa shape index (κ3) is 3.80. The van der Waals surface area contributed by atoms with Crippen molar-refractivity contribution in [3.05, 3.63) is 94.2 Å². The smallest absolute Gasteiger partial charge is 0.353 e. The van der Waals surface area contributed by atoms with Crippen molar-refractivity contribution >= 4 is 10.8 Å². The molecule has 6 nitrogen and oxygen atoms in total. The van der Waals surface area contributed by atoms with E-state index in [4.69, 9.17) is 4.42 Å². The Morgan fingerprint density at radius 2 is 1.89 bits per heavy atom. The highest BCUT2D eigenvalue weighted by Crippen LogP contribution is 2.39. The van der Waals surface area contributed by atoms with Crippen LogP contribution < -0.4 is 5.69 Å². The van der Waals surface area contributed by atoms with Crippen LogP contribution in [0.3, 0.4) is 0 Å². The van der Waals surface area contributed by atoms with Gasteiger partial charge in [-0.25, -0.2) is 18.1 Å². The summed E-state index contributed by atoms with van der Waals surface area (Å²) < 4.78 is 34.9. The number of fused-ring (bicyclic) bond motifs is 1. The van der Waals surface area contributed by atoms with Crippen LogP contribution in [0.25, 0.3) is 39.4 Å². The molecule has 0 N–H and O–H groups in total. The molecule has 0 atom stereocenters. The van der Waals surface area contributed by atoms with Gasteiger partial charge in [-0.05, 0) is 55.5 Å². The zero-order valence-electron chi connectivity index (χ0n) is 18.8. The molecule has 8 heteroatoms. The fourth-order valence-corrected chi connectivity index (χ4v) is 4.23. The zero-order chi connectivity index (χ0) is 24.1. The number of hydrogen-bond acceptors (Lipinski definition) is 5. The van der Waals surface area contributed by atoms with E-state index in [1.807, 2.05) is 31.2 Å². The van der Waals surface area contributed by atoms with Gasteiger partial charge in [0.1, 0.15) is 12.5 Å². The van der Waals surface area contributed by atoms with E-state index in [1.54, 1.807) is 24.5 Å². The van der Waals surface area contributed by atoms with Crippen LogP contribution in [0.15, 0.2) is 70.1 Å². The molecule has 3 heterocycles. The Morgan fingerprint density at radius 1 is 1.06 bits per heavy atom. The summed E-state index contributed by atoms with van der Waals surface area (Å²) in [5.41, 5.74) is 2.14. The van der Waals surface area contributed by atoms with Gasteiger partial charge in [-0.3, -0.25) is 4.98 Å². The van der Waals surface area contributed by atoms with Crippen LogP contribution in [0.1, 0.15) is 35.7 Å². The summed E-state index contributed by atoms with van der Waals surface area (Å²) in [7, 11) is 0. The van der Waals surface area contributed by atoms with Gasteiger partial charge in [-0.15, -0.1) is 0 Å². The van der Waals surface area contributed by atoms with Crippen LogP contribution >= 0.6 is 0 Å². The number of aryl methyl sites for hydroxylation is 1. The molecule has 0 radical (unpaired) electrons. The molecule has 6 rings (SSSR count). The summed E-state index contributed by atoms with van der Waals surface area (Å²) in [6, 6.07) is 13.5. The monoisotopic (exact) mass is 470 g/mol. The number of hydrogen-bond donors (Lipinski definition) is 0. The van der Waals surface area contributed by atoms with Crippen molar-refractivity contribution in [1.29, 1.82) is 0 Å².